The Labute approximate surface area is 98.3 Å². The van der Waals surface area contributed by atoms with Gasteiger partial charge in [0.25, 0.3) is 0 Å². The quantitative estimate of drug-likeness (QED) is 0.622. The predicted molar refractivity (Wildman–Crippen MR) is 66.2 cm³/mol. The Morgan fingerprint density at radius 1 is 1.25 bits per heavy atom. The predicted octanol–water partition coefficient (Wildman–Crippen LogP) is 1.46. The van der Waals surface area contributed by atoms with Crippen molar-refractivity contribution in [1.82, 2.24) is 10.6 Å². The summed E-state index contributed by atoms with van der Waals surface area (Å²) >= 11 is 0. The zero-order valence-electron chi connectivity index (χ0n) is 10.5. The number of nitrogens with two attached hydrogens (primary N) is 1. The number of urea groups is 1. The van der Waals surface area contributed by atoms with E-state index in [9.17, 15) is 4.79 Å². The van der Waals surface area contributed by atoms with Gasteiger partial charge in [-0.3, -0.25) is 0 Å². The van der Waals surface area contributed by atoms with Crippen LogP contribution in [-0.4, -0.2) is 25.2 Å². The molecule has 0 aliphatic heterocycles. The van der Waals surface area contributed by atoms with Crippen molar-refractivity contribution in [2.24, 2.45) is 17.6 Å². The molecule has 0 heterocycles. The Morgan fingerprint density at radius 3 is 2.38 bits per heavy atom. The van der Waals surface area contributed by atoms with E-state index in [1.54, 1.807) is 0 Å². The maximum absolute atomic E-state index is 10.5. The lowest BCUT2D eigenvalue weighted by Crippen LogP contribution is -2.40. The van der Waals surface area contributed by atoms with Crippen LogP contribution < -0.4 is 16.4 Å². The number of carbonyl (C=O) groups is 1. The molecule has 1 aliphatic rings. The molecule has 0 bridgehead atoms. The number of hydrogen-bond acceptors (Lipinski definition) is 2. The second-order valence-corrected chi connectivity index (χ2v) is 5.10. The molecule has 4 N–H and O–H groups in total. The van der Waals surface area contributed by atoms with E-state index in [1.807, 2.05) is 0 Å². The molecule has 0 aromatic carbocycles. The summed E-state index contributed by atoms with van der Waals surface area (Å²) in [6.45, 7) is 6.07. The van der Waals surface area contributed by atoms with Gasteiger partial charge in [-0.2, -0.15) is 0 Å². The summed E-state index contributed by atoms with van der Waals surface area (Å²) < 4.78 is 0. The molecule has 1 rings (SSSR count). The Balaban J connectivity index is 2.06. The summed E-state index contributed by atoms with van der Waals surface area (Å²) in [4.78, 5) is 10.5. The Morgan fingerprint density at radius 2 is 1.88 bits per heavy atom. The van der Waals surface area contributed by atoms with E-state index in [1.165, 1.54) is 25.7 Å². The van der Waals surface area contributed by atoms with Gasteiger partial charge < -0.3 is 16.4 Å². The van der Waals surface area contributed by atoms with Crippen molar-refractivity contribution >= 4 is 6.03 Å². The summed E-state index contributed by atoms with van der Waals surface area (Å²) in [7, 11) is 0. The lowest BCUT2D eigenvalue weighted by atomic mass is 9.80. The number of nitrogens with one attached hydrogen (secondary N) is 2. The van der Waals surface area contributed by atoms with E-state index in [2.05, 4.69) is 24.5 Å². The number of carbonyl (C=O) groups excluding carboxylic acids is 1. The number of rotatable bonds is 5. The average Bonchev–Trinajstić information content (AvgIpc) is 2.25. The van der Waals surface area contributed by atoms with Gasteiger partial charge in [0, 0.05) is 19.1 Å². The summed E-state index contributed by atoms with van der Waals surface area (Å²) in [6.07, 6.45) is 5.19. The molecule has 4 nitrogen and oxygen atoms in total. The smallest absolute Gasteiger partial charge is 0.312 e. The van der Waals surface area contributed by atoms with Crippen LogP contribution in [0.5, 0.6) is 0 Å². The van der Waals surface area contributed by atoms with Gasteiger partial charge in [0.15, 0.2) is 0 Å². The second-order valence-electron chi connectivity index (χ2n) is 5.10. The number of hydrogen-bond donors (Lipinski definition) is 3. The molecule has 4 heteroatoms. The molecule has 94 valence electrons. The molecule has 2 amide bonds. The molecule has 0 saturated heterocycles. The first-order valence-electron chi connectivity index (χ1n) is 6.36. The van der Waals surface area contributed by atoms with Crippen molar-refractivity contribution < 1.29 is 4.79 Å². The van der Waals surface area contributed by atoms with Crippen molar-refractivity contribution in [3.63, 3.8) is 0 Å². The topological polar surface area (TPSA) is 67.2 Å². The molecule has 1 aliphatic carbocycles. The molecule has 0 aromatic heterocycles. The van der Waals surface area contributed by atoms with Gasteiger partial charge in [-0.15, -0.1) is 0 Å². The van der Waals surface area contributed by atoms with Crippen molar-refractivity contribution in [2.75, 3.05) is 13.1 Å². The minimum Gasteiger partial charge on any atom is -0.352 e. The third-order valence-electron chi connectivity index (χ3n) is 3.57. The average molecular weight is 227 g/mol. The molecule has 0 spiro atoms. The van der Waals surface area contributed by atoms with E-state index < -0.39 is 6.03 Å². The molecular formula is C12H25N3O. The van der Waals surface area contributed by atoms with E-state index in [4.69, 9.17) is 5.73 Å². The summed E-state index contributed by atoms with van der Waals surface area (Å²) in [5.41, 5.74) is 4.99. The molecular weight excluding hydrogens is 202 g/mol. The Bertz CT molecular complexity index is 210. The van der Waals surface area contributed by atoms with Crippen LogP contribution in [0.4, 0.5) is 4.79 Å². The normalized spacial score (nSPS) is 25.7. The fourth-order valence-corrected chi connectivity index (χ4v) is 2.45. The maximum atomic E-state index is 10.5. The highest BCUT2D eigenvalue weighted by Crippen LogP contribution is 2.29. The first kappa shape index (κ1) is 13.3. The highest BCUT2D eigenvalue weighted by atomic mass is 16.2. The van der Waals surface area contributed by atoms with Gasteiger partial charge in [0.05, 0.1) is 0 Å². The van der Waals surface area contributed by atoms with Crippen LogP contribution in [0.1, 0.15) is 39.5 Å². The molecule has 0 unspecified atom stereocenters. The fourth-order valence-electron chi connectivity index (χ4n) is 2.45. The zero-order chi connectivity index (χ0) is 12.0. The van der Waals surface area contributed by atoms with Crippen LogP contribution in [-0.2, 0) is 0 Å². The first-order valence-corrected chi connectivity index (χ1v) is 6.36. The lowest BCUT2D eigenvalue weighted by Gasteiger charge is -2.31. The van der Waals surface area contributed by atoms with Crippen molar-refractivity contribution in [3.05, 3.63) is 0 Å². The van der Waals surface area contributed by atoms with Crippen LogP contribution in [0.15, 0.2) is 0 Å². The van der Waals surface area contributed by atoms with Gasteiger partial charge in [-0.25, -0.2) is 4.79 Å². The molecule has 1 saturated carbocycles. The maximum Gasteiger partial charge on any atom is 0.312 e. The largest absolute Gasteiger partial charge is 0.352 e. The van der Waals surface area contributed by atoms with Gasteiger partial charge in [-0.05, 0) is 37.5 Å². The SMILES string of the molecule is CC(C)C1CCC(NCCNC(N)=O)CC1. The minimum absolute atomic E-state index is 0.440. The first-order chi connectivity index (χ1) is 7.59. The Hall–Kier alpha value is -0.770. The Kier molecular flexibility index (Phi) is 5.60. The third-order valence-corrected chi connectivity index (χ3v) is 3.57. The van der Waals surface area contributed by atoms with Crippen LogP contribution in [0.3, 0.4) is 0 Å². The van der Waals surface area contributed by atoms with Gasteiger partial charge >= 0.3 is 6.03 Å². The van der Waals surface area contributed by atoms with Crippen LogP contribution in [0.25, 0.3) is 0 Å². The molecule has 0 aromatic rings. The van der Waals surface area contributed by atoms with E-state index >= 15 is 0 Å². The van der Waals surface area contributed by atoms with Crippen LogP contribution in [0.2, 0.25) is 0 Å². The highest BCUT2D eigenvalue weighted by Gasteiger charge is 2.22. The van der Waals surface area contributed by atoms with Crippen LogP contribution >= 0.6 is 0 Å². The third kappa shape index (κ3) is 4.84. The standard InChI is InChI=1S/C12H25N3O/c1-9(2)10-3-5-11(6-4-10)14-7-8-15-12(13)16/h9-11,14H,3-8H2,1-2H3,(H3,13,15,16). The van der Waals surface area contributed by atoms with E-state index in [0.29, 0.717) is 12.6 Å². The zero-order valence-corrected chi connectivity index (χ0v) is 10.5. The lowest BCUT2D eigenvalue weighted by molar-refractivity contribution is 0.237. The van der Waals surface area contributed by atoms with E-state index in [-0.39, 0.29) is 0 Å². The van der Waals surface area contributed by atoms with Gasteiger partial charge in [0.1, 0.15) is 0 Å². The summed E-state index contributed by atoms with van der Waals surface area (Å²) in [6, 6.07) is 0.190. The van der Waals surface area contributed by atoms with Gasteiger partial charge in [0.2, 0.25) is 0 Å². The summed E-state index contributed by atoms with van der Waals surface area (Å²) in [5, 5.41) is 6.05. The van der Waals surface area contributed by atoms with Crippen LogP contribution in [0, 0.1) is 11.8 Å². The van der Waals surface area contributed by atoms with Crippen molar-refractivity contribution in [3.8, 4) is 0 Å². The molecule has 1 fully saturated rings. The fraction of sp³-hybridized carbons (Fsp3) is 0.917. The molecule has 0 radical (unpaired) electrons. The van der Waals surface area contributed by atoms with E-state index in [0.717, 1.165) is 18.4 Å². The minimum atomic E-state index is -0.440. The van der Waals surface area contributed by atoms with Crippen molar-refractivity contribution in [1.29, 1.82) is 0 Å². The molecule has 0 atom stereocenters. The highest BCUT2D eigenvalue weighted by molar-refractivity contribution is 5.71. The second kappa shape index (κ2) is 6.74. The number of amides is 2. The monoisotopic (exact) mass is 227 g/mol. The summed E-state index contributed by atoms with van der Waals surface area (Å²) in [5.74, 6) is 1.72. The number of primary amides is 1. The van der Waals surface area contributed by atoms with Gasteiger partial charge in [-0.1, -0.05) is 13.8 Å². The van der Waals surface area contributed by atoms with Crippen molar-refractivity contribution in [2.45, 2.75) is 45.6 Å². The molecule has 16 heavy (non-hydrogen) atoms.